The number of morpholine rings is 1. The summed E-state index contributed by atoms with van der Waals surface area (Å²) in [7, 11) is 1.60. The Hall–Kier alpha value is -3.45. The van der Waals surface area contributed by atoms with Gasteiger partial charge in [0.2, 0.25) is 0 Å². The molecule has 1 unspecified atom stereocenters. The van der Waals surface area contributed by atoms with Crippen molar-refractivity contribution >= 4 is 44.2 Å². The second kappa shape index (κ2) is 12.4. The van der Waals surface area contributed by atoms with E-state index in [0.29, 0.717) is 47.5 Å². The lowest BCUT2D eigenvalue weighted by Crippen LogP contribution is -2.42. The van der Waals surface area contributed by atoms with E-state index in [9.17, 15) is 9.59 Å². The molecule has 3 heterocycles. The number of amides is 2. The highest BCUT2D eigenvalue weighted by molar-refractivity contribution is 7.23. The number of carbonyl (C=O) groups is 2. The molecule has 0 bridgehead atoms. The molecule has 1 aromatic heterocycles. The van der Waals surface area contributed by atoms with Gasteiger partial charge in [-0.1, -0.05) is 11.3 Å². The van der Waals surface area contributed by atoms with Crippen LogP contribution in [0.2, 0.25) is 0 Å². The molecule has 1 atom stereocenters. The van der Waals surface area contributed by atoms with Crippen LogP contribution in [-0.4, -0.2) is 68.7 Å². The smallest absolute Gasteiger partial charge is 0.274 e. The van der Waals surface area contributed by atoms with Crippen LogP contribution in [0.4, 0.5) is 10.8 Å². The minimum Gasteiger partial charge on any atom is -0.494 e. The maximum absolute atomic E-state index is 13.2. The number of hydroxylamine groups is 1. The first-order chi connectivity index (χ1) is 19.3. The summed E-state index contributed by atoms with van der Waals surface area (Å²) in [5.41, 5.74) is 3.33. The summed E-state index contributed by atoms with van der Waals surface area (Å²) in [6.07, 6.45) is 2.30. The van der Waals surface area contributed by atoms with E-state index in [2.05, 4.69) is 20.7 Å². The first-order valence-corrected chi connectivity index (χ1v) is 14.1. The zero-order valence-electron chi connectivity index (χ0n) is 22.9. The maximum Gasteiger partial charge on any atom is 0.274 e. The molecule has 2 fully saturated rings. The van der Waals surface area contributed by atoms with Crippen molar-refractivity contribution in [2.75, 3.05) is 50.2 Å². The highest BCUT2D eigenvalue weighted by Gasteiger charge is 2.31. The minimum absolute atomic E-state index is 0.360. The Bertz CT molecular complexity index is 1330. The van der Waals surface area contributed by atoms with Gasteiger partial charge >= 0.3 is 0 Å². The predicted molar refractivity (Wildman–Crippen MR) is 151 cm³/mol. The number of nitrogens with zero attached hydrogens (tertiary/aromatic N) is 2. The number of fused-ring (bicyclic) bond motifs is 1. The lowest BCUT2D eigenvalue weighted by atomic mass is 10.1. The summed E-state index contributed by atoms with van der Waals surface area (Å²) < 4.78 is 23.4. The molecule has 2 aromatic carbocycles. The molecule has 2 aliphatic rings. The van der Waals surface area contributed by atoms with Crippen LogP contribution in [0, 0.1) is 0 Å². The molecule has 40 heavy (non-hydrogen) atoms. The summed E-state index contributed by atoms with van der Waals surface area (Å²) in [6.45, 7) is 6.86. The van der Waals surface area contributed by atoms with Crippen LogP contribution in [-0.2, 0) is 19.1 Å². The van der Waals surface area contributed by atoms with Crippen LogP contribution >= 0.6 is 11.3 Å². The predicted octanol–water partition coefficient (Wildman–Crippen LogP) is 4.13. The standard InChI is InChI=1S/C28H34N4O7S/c1-28(2,38-19-9-7-18(8-10-19)25(33)31-39-22-6-4-5-15-37-22)26(34)30-27-29-23-21(35-3)12-11-20(24(23)40-27)32-13-16-36-17-14-32/h7-12,22H,4-6,13-17H2,1-3H3,(H,31,33)(H,29,30,34). The van der Waals surface area contributed by atoms with Gasteiger partial charge in [-0.2, -0.15) is 0 Å². The van der Waals surface area contributed by atoms with Gasteiger partial charge in [0.05, 0.1) is 30.7 Å². The molecule has 5 rings (SSSR count). The maximum atomic E-state index is 13.2. The zero-order chi connectivity index (χ0) is 28.1. The van der Waals surface area contributed by atoms with Gasteiger partial charge in [0, 0.05) is 31.7 Å². The molecule has 2 amide bonds. The van der Waals surface area contributed by atoms with Crippen LogP contribution in [0.5, 0.6) is 11.5 Å². The molecule has 2 N–H and O–H groups in total. The fraction of sp³-hybridized carbons (Fsp3) is 0.464. The molecule has 3 aromatic rings. The number of carbonyl (C=O) groups excluding carboxylic acids is 2. The number of ether oxygens (including phenoxy) is 4. The van der Waals surface area contributed by atoms with E-state index in [1.165, 1.54) is 11.3 Å². The minimum atomic E-state index is -1.22. The molecular weight excluding hydrogens is 536 g/mol. The summed E-state index contributed by atoms with van der Waals surface area (Å²) in [5.74, 6) is 0.329. The van der Waals surface area contributed by atoms with Gasteiger partial charge in [-0.05, 0) is 63.1 Å². The Morgan fingerprint density at radius 3 is 2.55 bits per heavy atom. The molecule has 0 radical (unpaired) electrons. The first kappa shape index (κ1) is 28.1. The number of methoxy groups -OCH3 is 1. The number of hydrogen-bond acceptors (Lipinski definition) is 10. The molecule has 2 aliphatic heterocycles. The summed E-state index contributed by atoms with van der Waals surface area (Å²) >= 11 is 1.39. The van der Waals surface area contributed by atoms with E-state index in [0.717, 1.165) is 42.7 Å². The topological polar surface area (TPSA) is 120 Å². The van der Waals surface area contributed by atoms with E-state index >= 15 is 0 Å². The number of thiazole rings is 1. The Morgan fingerprint density at radius 2 is 1.85 bits per heavy atom. The van der Waals surface area contributed by atoms with E-state index in [4.69, 9.17) is 23.8 Å². The second-order valence-corrected chi connectivity index (χ2v) is 11.0. The van der Waals surface area contributed by atoms with Crippen molar-refractivity contribution in [3.05, 3.63) is 42.0 Å². The summed E-state index contributed by atoms with van der Waals surface area (Å²) in [6, 6.07) is 10.4. The van der Waals surface area contributed by atoms with Crippen molar-refractivity contribution in [2.45, 2.75) is 45.0 Å². The van der Waals surface area contributed by atoms with Gasteiger partial charge < -0.3 is 23.8 Å². The monoisotopic (exact) mass is 570 g/mol. The van der Waals surface area contributed by atoms with Gasteiger partial charge in [-0.25, -0.2) is 15.3 Å². The van der Waals surface area contributed by atoms with Crippen LogP contribution in [0.3, 0.4) is 0 Å². The van der Waals surface area contributed by atoms with E-state index in [-0.39, 0.29) is 11.8 Å². The molecule has 0 spiro atoms. The number of anilines is 2. The van der Waals surface area contributed by atoms with E-state index in [1.54, 1.807) is 45.2 Å². The highest BCUT2D eigenvalue weighted by atomic mass is 32.1. The fourth-order valence-corrected chi connectivity index (χ4v) is 5.51. The average Bonchev–Trinajstić information content (AvgIpc) is 3.40. The highest BCUT2D eigenvalue weighted by Crippen LogP contribution is 2.40. The third kappa shape index (κ3) is 6.47. The Kier molecular flexibility index (Phi) is 8.69. The van der Waals surface area contributed by atoms with Crippen LogP contribution in [0.25, 0.3) is 10.2 Å². The zero-order valence-corrected chi connectivity index (χ0v) is 23.7. The van der Waals surface area contributed by atoms with Crippen LogP contribution in [0.15, 0.2) is 36.4 Å². The summed E-state index contributed by atoms with van der Waals surface area (Å²) in [4.78, 5) is 37.9. The van der Waals surface area contributed by atoms with Crippen molar-refractivity contribution in [1.29, 1.82) is 0 Å². The van der Waals surface area contributed by atoms with E-state index < -0.39 is 11.9 Å². The normalized spacial score (nSPS) is 17.9. The average molecular weight is 571 g/mol. The van der Waals surface area contributed by atoms with Crippen LogP contribution < -0.4 is 25.2 Å². The number of rotatable bonds is 9. The van der Waals surface area contributed by atoms with Crippen LogP contribution in [0.1, 0.15) is 43.5 Å². The second-order valence-electron chi connectivity index (χ2n) is 10.0. The van der Waals surface area contributed by atoms with Crippen molar-refractivity contribution in [3.63, 3.8) is 0 Å². The third-order valence-corrected chi connectivity index (χ3v) is 7.73. The quantitative estimate of drug-likeness (QED) is 0.366. The number of nitrogens with one attached hydrogen (secondary N) is 2. The lowest BCUT2D eigenvalue weighted by Gasteiger charge is -2.29. The van der Waals surface area contributed by atoms with Gasteiger partial charge in [-0.15, -0.1) is 0 Å². The van der Waals surface area contributed by atoms with Crippen molar-refractivity contribution in [1.82, 2.24) is 10.5 Å². The van der Waals surface area contributed by atoms with E-state index in [1.807, 2.05) is 12.1 Å². The molecule has 0 saturated carbocycles. The van der Waals surface area contributed by atoms with Gasteiger partial charge in [-0.3, -0.25) is 14.9 Å². The van der Waals surface area contributed by atoms with Crippen molar-refractivity contribution < 1.29 is 33.4 Å². The molecule has 12 heteroatoms. The number of benzene rings is 2. The third-order valence-electron chi connectivity index (χ3n) is 6.74. The Labute approximate surface area is 236 Å². The van der Waals surface area contributed by atoms with Gasteiger partial charge in [0.25, 0.3) is 11.8 Å². The number of aromatic nitrogens is 1. The molecule has 2 saturated heterocycles. The summed E-state index contributed by atoms with van der Waals surface area (Å²) in [5, 5.41) is 3.35. The molecular formula is C28H34N4O7S. The molecule has 0 aliphatic carbocycles. The number of hydrogen-bond donors (Lipinski definition) is 2. The SMILES string of the molecule is COc1ccc(N2CCOCC2)c2sc(NC(=O)C(C)(C)Oc3ccc(C(=O)NOC4CCCCO4)cc3)nc12. The Balaban J connectivity index is 1.23. The van der Waals surface area contributed by atoms with Crippen molar-refractivity contribution in [3.8, 4) is 11.5 Å². The van der Waals surface area contributed by atoms with Crippen molar-refractivity contribution in [2.24, 2.45) is 0 Å². The fourth-order valence-electron chi connectivity index (χ4n) is 4.49. The van der Waals surface area contributed by atoms with Gasteiger partial charge in [0.1, 0.15) is 17.0 Å². The van der Waals surface area contributed by atoms with Gasteiger partial charge in [0.15, 0.2) is 17.0 Å². The lowest BCUT2D eigenvalue weighted by molar-refractivity contribution is -0.186. The molecule has 11 nitrogen and oxygen atoms in total. The largest absolute Gasteiger partial charge is 0.494 e. The molecule has 214 valence electrons. The Morgan fingerprint density at radius 1 is 1.07 bits per heavy atom. The first-order valence-electron chi connectivity index (χ1n) is 13.3.